The summed E-state index contributed by atoms with van der Waals surface area (Å²) in [6, 6.07) is 13.9. The highest BCUT2D eigenvalue weighted by molar-refractivity contribution is 5.87. The number of imidazole rings is 1. The Morgan fingerprint density at radius 2 is 2.05 bits per heavy atom. The van der Waals surface area contributed by atoms with Crippen molar-refractivity contribution in [3.8, 4) is 22.9 Å². The number of carbonyl (C=O) groups excluding carboxylic acids is 1. The average Bonchev–Trinajstić information content (AvgIpc) is 3.71. The Labute approximate surface area is 252 Å². The Balaban J connectivity index is 1.26. The van der Waals surface area contributed by atoms with Crippen molar-refractivity contribution >= 4 is 22.9 Å². The minimum atomic E-state index is -1.10. The van der Waals surface area contributed by atoms with E-state index in [0.29, 0.717) is 40.7 Å². The quantitative estimate of drug-likeness (QED) is 0.278. The number of fused-ring (bicyclic) bond motifs is 2. The summed E-state index contributed by atoms with van der Waals surface area (Å²) >= 11 is 0. The molecule has 1 aromatic carbocycles. The second-order valence-electron chi connectivity index (χ2n) is 11.4. The molecule has 1 aliphatic heterocycles. The largest absolute Gasteiger partial charge is 0.383 e. The lowest BCUT2D eigenvalue weighted by molar-refractivity contribution is -0.129. The van der Waals surface area contributed by atoms with E-state index in [1.165, 1.54) is 23.0 Å². The highest BCUT2D eigenvalue weighted by Gasteiger charge is 2.36. The number of alkyl halides is 1. The maximum atomic E-state index is 15.6. The molecule has 0 bridgehead atoms. The van der Waals surface area contributed by atoms with Crippen LogP contribution in [-0.4, -0.2) is 64.9 Å². The van der Waals surface area contributed by atoms with E-state index in [2.05, 4.69) is 22.0 Å². The number of likely N-dealkylation sites (tertiary alicyclic amines) is 1. The molecule has 2 unspecified atom stereocenters. The van der Waals surface area contributed by atoms with Crippen molar-refractivity contribution < 1.29 is 13.6 Å². The Kier molecular flexibility index (Phi) is 6.92. The van der Waals surface area contributed by atoms with Crippen LogP contribution in [0.3, 0.4) is 0 Å². The lowest BCUT2D eigenvalue weighted by atomic mass is 9.96. The van der Waals surface area contributed by atoms with Crippen LogP contribution in [0, 0.1) is 5.95 Å². The molecule has 5 heterocycles. The SMILES string of the molecule is C=CC(=O)N1CCC(N[C@@H]2c3ccc(-n4c(-c5cccnc5N)nc5ccc(-n6ccc(F)n6)nc54)cc3CC2F)C[C@H]1C. The van der Waals surface area contributed by atoms with Crippen molar-refractivity contribution in [3.05, 3.63) is 90.7 Å². The summed E-state index contributed by atoms with van der Waals surface area (Å²) in [5.41, 5.74) is 10.5. The third-order valence-corrected chi connectivity index (χ3v) is 8.61. The number of hydrogen-bond donors (Lipinski definition) is 2. The molecule has 1 amide bonds. The van der Waals surface area contributed by atoms with Crippen LogP contribution in [0.25, 0.3) is 34.1 Å². The molecule has 12 heteroatoms. The van der Waals surface area contributed by atoms with Crippen LogP contribution >= 0.6 is 0 Å². The number of nitrogens with one attached hydrogen (secondary N) is 1. The van der Waals surface area contributed by atoms with Crippen LogP contribution in [-0.2, 0) is 11.2 Å². The molecule has 1 aliphatic carbocycles. The molecule has 0 saturated carbocycles. The van der Waals surface area contributed by atoms with Crippen LogP contribution in [0.5, 0.6) is 0 Å². The first kappa shape index (κ1) is 27.8. The normalized spacial score (nSPS) is 21.5. The van der Waals surface area contributed by atoms with E-state index in [1.807, 2.05) is 40.7 Å². The first-order chi connectivity index (χ1) is 21.3. The number of pyridine rings is 2. The van der Waals surface area contributed by atoms with Crippen molar-refractivity contribution in [1.82, 2.24) is 39.5 Å². The van der Waals surface area contributed by atoms with Crippen molar-refractivity contribution in [1.29, 1.82) is 0 Å². The molecule has 5 aromatic rings. The number of hydrogen-bond acceptors (Lipinski definition) is 7. The van der Waals surface area contributed by atoms with E-state index >= 15 is 4.39 Å². The van der Waals surface area contributed by atoms with Crippen molar-refractivity contribution in [3.63, 3.8) is 0 Å². The van der Waals surface area contributed by atoms with Crippen LogP contribution in [0.4, 0.5) is 14.6 Å². The van der Waals surface area contributed by atoms with Gasteiger partial charge in [-0.05, 0) is 73.4 Å². The highest BCUT2D eigenvalue weighted by Crippen LogP contribution is 2.38. The Morgan fingerprint density at radius 3 is 2.80 bits per heavy atom. The van der Waals surface area contributed by atoms with E-state index in [-0.39, 0.29) is 24.4 Å². The number of amides is 1. The second kappa shape index (κ2) is 10.9. The average molecular weight is 596 g/mol. The van der Waals surface area contributed by atoms with Gasteiger partial charge in [0.05, 0.1) is 11.6 Å². The maximum Gasteiger partial charge on any atom is 0.246 e. The summed E-state index contributed by atoms with van der Waals surface area (Å²) in [6.45, 7) is 6.22. The van der Waals surface area contributed by atoms with Gasteiger partial charge in [-0.1, -0.05) is 12.6 Å². The second-order valence-corrected chi connectivity index (χ2v) is 11.4. The number of piperidine rings is 1. The first-order valence-electron chi connectivity index (χ1n) is 14.6. The van der Waals surface area contributed by atoms with Crippen LogP contribution in [0.2, 0.25) is 0 Å². The predicted molar refractivity (Wildman–Crippen MR) is 162 cm³/mol. The summed E-state index contributed by atoms with van der Waals surface area (Å²) in [4.78, 5) is 27.9. The van der Waals surface area contributed by atoms with E-state index in [9.17, 15) is 9.18 Å². The number of benzene rings is 1. The smallest absolute Gasteiger partial charge is 0.246 e. The first-order valence-corrected chi connectivity index (χ1v) is 14.6. The Bertz CT molecular complexity index is 1900. The van der Waals surface area contributed by atoms with E-state index in [1.54, 1.807) is 24.4 Å². The molecule has 44 heavy (non-hydrogen) atoms. The summed E-state index contributed by atoms with van der Waals surface area (Å²) in [5.74, 6) is 0.564. The van der Waals surface area contributed by atoms with Crippen LogP contribution in [0.15, 0.2) is 73.6 Å². The zero-order valence-electron chi connectivity index (χ0n) is 24.1. The van der Waals surface area contributed by atoms with Gasteiger partial charge in [-0.25, -0.2) is 24.0 Å². The Hall–Kier alpha value is -4.97. The third kappa shape index (κ3) is 4.80. The monoisotopic (exact) mass is 595 g/mol. The van der Waals surface area contributed by atoms with Crippen molar-refractivity contribution in [2.45, 2.75) is 50.5 Å². The molecule has 0 radical (unpaired) electrons. The molecular formula is C32H31F2N9O. The fraction of sp³-hybridized carbons (Fsp3) is 0.281. The number of rotatable bonds is 6. The summed E-state index contributed by atoms with van der Waals surface area (Å²) in [6.07, 6.45) is 5.09. The number of anilines is 1. The number of carbonyl (C=O) groups is 1. The summed E-state index contributed by atoms with van der Waals surface area (Å²) < 4.78 is 32.6. The maximum absolute atomic E-state index is 15.6. The fourth-order valence-electron chi connectivity index (χ4n) is 6.49. The highest BCUT2D eigenvalue weighted by atomic mass is 19.1. The predicted octanol–water partition coefficient (Wildman–Crippen LogP) is 4.48. The number of nitrogen functional groups attached to an aromatic ring is 1. The number of halogens is 2. The molecule has 4 aromatic heterocycles. The third-order valence-electron chi connectivity index (χ3n) is 8.61. The molecule has 1 saturated heterocycles. The van der Waals surface area contributed by atoms with Gasteiger partial charge in [0, 0.05) is 49.2 Å². The zero-order chi connectivity index (χ0) is 30.5. The number of aromatic nitrogens is 6. The van der Waals surface area contributed by atoms with E-state index in [0.717, 1.165) is 29.7 Å². The van der Waals surface area contributed by atoms with Crippen LogP contribution in [0.1, 0.15) is 36.9 Å². The standard InChI is InChI=1S/C32H31F2N9O/c1-3-28(44)41-13-10-20(15-18(41)2)37-29-22-7-6-21(16-19(22)17-24(29)33)43-31(23-5-4-12-36-30(23)35)38-25-8-9-27(39-32(25)43)42-14-11-26(34)40-42/h3-9,11-12,14,16,18,20,24,29,37H,1,10,13,15,17H2,2H3,(H2,35,36)/t18-,20?,24?,29-/m1/s1. The minimum Gasteiger partial charge on any atom is -0.383 e. The van der Waals surface area contributed by atoms with Gasteiger partial charge in [0.25, 0.3) is 0 Å². The van der Waals surface area contributed by atoms with Gasteiger partial charge in [0.1, 0.15) is 17.5 Å². The zero-order valence-corrected chi connectivity index (χ0v) is 24.1. The molecule has 224 valence electrons. The van der Waals surface area contributed by atoms with Crippen molar-refractivity contribution in [2.24, 2.45) is 0 Å². The van der Waals surface area contributed by atoms with Crippen LogP contribution < -0.4 is 11.1 Å². The van der Waals surface area contributed by atoms with Gasteiger partial charge in [-0.15, -0.1) is 5.10 Å². The molecule has 2 aliphatic rings. The summed E-state index contributed by atoms with van der Waals surface area (Å²) in [7, 11) is 0. The minimum absolute atomic E-state index is 0.0385. The number of nitrogens with zero attached hydrogens (tertiary/aromatic N) is 7. The fourth-order valence-corrected chi connectivity index (χ4v) is 6.49. The molecule has 7 rings (SSSR count). The molecular weight excluding hydrogens is 564 g/mol. The lowest BCUT2D eigenvalue weighted by Gasteiger charge is -2.38. The molecule has 4 atom stereocenters. The van der Waals surface area contributed by atoms with E-state index < -0.39 is 18.2 Å². The topological polar surface area (TPSA) is 120 Å². The van der Waals surface area contributed by atoms with Gasteiger partial charge < -0.3 is 16.0 Å². The van der Waals surface area contributed by atoms with Gasteiger partial charge in [0.2, 0.25) is 11.9 Å². The van der Waals surface area contributed by atoms with Gasteiger partial charge in [0.15, 0.2) is 17.3 Å². The molecule has 0 spiro atoms. The van der Waals surface area contributed by atoms with E-state index in [4.69, 9.17) is 15.7 Å². The van der Waals surface area contributed by atoms with Gasteiger partial charge in [-0.2, -0.15) is 4.39 Å². The molecule has 3 N–H and O–H groups in total. The molecule has 1 fully saturated rings. The Morgan fingerprint density at radius 1 is 1.18 bits per heavy atom. The van der Waals surface area contributed by atoms with Crippen molar-refractivity contribution in [2.75, 3.05) is 12.3 Å². The number of nitrogens with two attached hydrogens (primary N) is 1. The van der Waals surface area contributed by atoms with Gasteiger partial charge in [-0.3, -0.25) is 9.36 Å². The lowest BCUT2D eigenvalue weighted by Crippen LogP contribution is -2.50. The van der Waals surface area contributed by atoms with Gasteiger partial charge >= 0.3 is 0 Å². The molecule has 10 nitrogen and oxygen atoms in total. The summed E-state index contributed by atoms with van der Waals surface area (Å²) in [5, 5.41) is 7.41.